The first-order chi connectivity index (χ1) is 7.13. The Kier molecular flexibility index (Phi) is 4.41. The second-order valence-corrected chi connectivity index (χ2v) is 4.12. The molecule has 0 fully saturated rings. The lowest BCUT2D eigenvalue weighted by atomic mass is 10.0. The van der Waals surface area contributed by atoms with Crippen molar-refractivity contribution >= 4 is 0 Å². The molecule has 1 aromatic carbocycles. The quantitative estimate of drug-likeness (QED) is 0.654. The maximum Gasteiger partial charge on any atom is 0.119 e. The summed E-state index contributed by atoms with van der Waals surface area (Å²) in [4.78, 5) is 0. The minimum atomic E-state index is 0.574. The van der Waals surface area contributed by atoms with E-state index in [4.69, 9.17) is 4.74 Å². The van der Waals surface area contributed by atoms with Crippen LogP contribution < -0.4 is 4.74 Å². The molecule has 0 amide bonds. The van der Waals surface area contributed by atoms with Crippen LogP contribution in [-0.2, 0) is 0 Å². The van der Waals surface area contributed by atoms with Crippen LogP contribution in [0.15, 0.2) is 36.4 Å². The third-order valence-corrected chi connectivity index (χ3v) is 2.49. The summed E-state index contributed by atoms with van der Waals surface area (Å²) in [5.41, 5.74) is 2.47. The highest BCUT2D eigenvalue weighted by molar-refractivity contribution is 5.29. The maximum atomic E-state index is 5.59. The Morgan fingerprint density at radius 2 is 1.87 bits per heavy atom. The number of benzene rings is 1. The molecule has 0 aromatic heterocycles. The van der Waals surface area contributed by atoms with Crippen LogP contribution in [0, 0.1) is 0 Å². The van der Waals surface area contributed by atoms with Gasteiger partial charge in [-0.15, -0.1) is 0 Å². The summed E-state index contributed by atoms with van der Waals surface area (Å²) in [7, 11) is 0. The summed E-state index contributed by atoms with van der Waals surface area (Å²) in [5, 5.41) is 0. The molecule has 1 aromatic rings. The maximum absolute atomic E-state index is 5.59. The molecule has 1 heteroatoms. The molecule has 1 rings (SSSR count). The second kappa shape index (κ2) is 5.59. The topological polar surface area (TPSA) is 9.23 Å². The Bertz CT molecular complexity index is 309. The molecule has 0 unspecified atom stereocenters. The highest BCUT2D eigenvalue weighted by Crippen LogP contribution is 2.18. The normalized spacial score (nSPS) is 10.4. The minimum Gasteiger partial charge on any atom is -0.489 e. The molecule has 0 saturated heterocycles. The van der Waals surface area contributed by atoms with Gasteiger partial charge in [0.2, 0.25) is 0 Å². The minimum absolute atomic E-state index is 0.574. The third kappa shape index (κ3) is 3.78. The molecular weight excluding hydrogens is 184 g/mol. The van der Waals surface area contributed by atoms with E-state index >= 15 is 0 Å². The fourth-order valence-corrected chi connectivity index (χ4v) is 1.24. The molecule has 0 N–H and O–H groups in total. The Morgan fingerprint density at radius 3 is 2.33 bits per heavy atom. The van der Waals surface area contributed by atoms with Crippen LogP contribution in [0.2, 0.25) is 0 Å². The number of hydrogen-bond donors (Lipinski definition) is 0. The zero-order chi connectivity index (χ0) is 11.3. The van der Waals surface area contributed by atoms with Gasteiger partial charge in [-0.25, -0.2) is 0 Å². The average Bonchev–Trinajstić information content (AvgIpc) is 2.26. The fraction of sp³-hybridized carbons (Fsp3) is 0.429. The summed E-state index contributed by atoms with van der Waals surface area (Å²) in [6.45, 7) is 11.0. The zero-order valence-electron chi connectivity index (χ0n) is 9.92. The van der Waals surface area contributed by atoms with Gasteiger partial charge in [0, 0.05) is 0 Å². The first-order valence-corrected chi connectivity index (χ1v) is 5.53. The van der Waals surface area contributed by atoms with Crippen molar-refractivity contribution in [3.8, 4) is 5.75 Å². The van der Waals surface area contributed by atoms with Crippen molar-refractivity contribution in [1.29, 1.82) is 0 Å². The van der Waals surface area contributed by atoms with E-state index in [1.807, 2.05) is 12.1 Å². The van der Waals surface area contributed by atoms with Gasteiger partial charge in [-0.2, -0.15) is 0 Å². The van der Waals surface area contributed by atoms with Crippen LogP contribution in [0.25, 0.3) is 0 Å². The molecule has 0 aliphatic heterocycles. The lowest BCUT2D eigenvalue weighted by molar-refractivity contribution is 0.349. The van der Waals surface area contributed by atoms with Crippen molar-refractivity contribution in [2.75, 3.05) is 6.61 Å². The van der Waals surface area contributed by atoms with Crippen LogP contribution in [0.4, 0.5) is 0 Å². The van der Waals surface area contributed by atoms with E-state index in [0.29, 0.717) is 12.5 Å². The average molecular weight is 204 g/mol. The largest absolute Gasteiger partial charge is 0.489 e. The molecule has 1 nitrogen and oxygen atoms in total. The van der Waals surface area contributed by atoms with E-state index < -0.39 is 0 Å². The van der Waals surface area contributed by atoms with Gasteiger partial charge in [0.05, 0.1) is 0 Å². The Hall–Kier alpha value is -1.24. The van der Waals surface area contributed by atoms with Crippen LogP contribution in [-0.4, -0.2) is 6.61 Å². The van der Waals surface area contributed by atoms with Gasteiger partial charge in [-0.1, -0.05) is 39.5 Å². The molecule has 0 saturated carbocycles. The molecule has 0 bridgehead atoms. The lowest BCUT2D eigenvalue weighted by Gasteiger charge is -2.09. The second-order valence-electron chi connectivity index (χ2n) is 4.12. The lowest BCUT2D eigenvalue weighted by Crippen LogP contribution is -1.99. The standard InChI is InChI=1S/C14H20O/c1-5-12(4)10-15-14-8-6-13(7-9-14)11(2)3/h6-9,11H,4-5,10H2,1-3H3. The SMILES string of the molecule is C=C(CC)COc1ccc(C(C)C)cc1. The number of hydrogen-bond acceptors (Lipinski definition) is 1. The van der Waals surface area contributed by atoms with Gasteiger partial charge in [0.25, 0.3) is 0 Å². The van der Waals surface area contributed by atoms with E-state index in [1.165, 1.54) is 5.56 Å². The molecule has 0 heterocycles. The van der Waals surface area contributed by atoms with Gasteiger partial charge < -0.3 is 4.74 Å². The van der Waals surface area contributed by atoms with Crippen molar-refractivity contribution < 1.29 is 4.74 Å². The van der Waals surface area contributed by atoms with Gasteiger partial charge in [-0.05, 0) is 35.6 Å². The molecule has 0 aliphatic rings. The van der Waals surface area contributed by atoms with Gasteiger partial charge in [-0.3, -0.25) is 0 Å². The summed E-state index contributed by atoms with van der Waals surface area (Å²) in [6.07, 6.45) is 0.976. The predicted molar refractivity (Wildman–Crippen MR) is 65.5 cm³/mol. The van der Waals surface area contributed by atoms with E-state index in [1.54, 1.807) is 0 Å². The van der Waals surface area contributed by atoms with Crippen molar-refractivity contribution in [2.24, 2.45) is 0 Å². The van der Waals surface area contributed by atoms with E-state index in [0.717, 1.165) is 17.7 Å². The van der Waals surface area contributed by atoms with Crippen molar-refractivity contribution in [1.82, 2.24) is 0 Å². The van der Waals surface area contributed by atoms with Gasteiger partial charge >= 0.3 is 0 Å². The summed E-state index contributed by atoms with van der Waals surface area (Å²) in [6, 6.07) is 8.29. The van der Waals surface area contributed by atoms with Crippen LogP contribution in [0.5, 0.6) is 5.75 Å². The molecule has 15 heavy (non-hydrogen) atoms. The van der Waals surface area contributed by atoms with Crippen molar-refractivity contribution in [2.45, 2.75) is 33.1 Å². The Balaban J connectivity index is 2.53. The number of ether oxygens (including phenoxy) is 1. The molecule has 0 atom stereocenters. The highest BCUT2D eigenvalue weighted by Gasteiger charge is 1.99. The number of rotatable bonds is 5. The smallest absolute Gasteiger partial charge is 0.119 e. The molecular formula is C14H20O. The molecule has 82 valence electrons. The Labute approximate surface area is 92.8 Å². The van der Waals surface area contributed by atoms with E-state index in [9.17, 15) is 0 Å². The first kappa shape index (κ1) is 11.8. The molecule has 0 aliphatic carbocycles. The monoisotopic (exact) mass is 204 g/mol. The van der Waals surface area contributed by atoms with Gasteiger partial charge in [0.15, 0.2) is 0 Å². The molecule has 0 spiro atoms. The summed E-state index contributed by atoms with van der Waals surface area (Å²) in [5.74, 6) is 1.50. The van der Waals surface area contributed by atoms with Crippen LogP contribution in [0.1, 0.15) is 38.7 Å². The Morgan fingerprint density at radius 1 is 1.27 bits per heavy atom. The highest BCUT2D eigenvalue weighted by atomic mass is 16.5. The molecule has 0 radical (unpaired) electrons. The van der Waals surface area contributed by atoms with Crippen molar-refractivity contribution in [3.63, 3.8) is 0 Å². The first-order valence-electron chi connectivity index (χ1n) is 5.53. The fourth-order valence-electron chi connectivity index (χ4n) is 1.24. The summed E-state index contributed by atoms with van der Waals surface area (Å²) >= 11 is 0. The summed E-state index contributed by atoms with van der Waals surface area (Å²) < 4.78 is 5.59. The van der Waals surface area contributed by atoms with E-state index in [2.05, 4.69) is 39.5 Å². The van der Waals surface area contributed by atoms with Gasteiger partial charge in [0.1, 0.15) is 12.4 Å². The van der Waals surface area contributed by atoms with E-state index in [-0.39, 0.29) is 0 Å². The predicted octanol–water partition coefficient (Wildman–Crippen LogP) is 4.16. The van der Waals surface area contributed by atoms with Crippen LogP contribution >= 0.6 is 0 Å². The van der Waals surface area contributed by atoms with Crippen LogP contribution in [0.3, 0.4) is 0 Å². The van der Waals surface area contributed by atoms with Crippen molar-refractivity contribution in [3.05, 3.63) is 42.0 Å². The zero-order valence-corrected chi connectivity index (χ0v) is 9.92. The third-order valence-electron chi connectivity index (χ3n) is 2.49.